The molecule has 0 aliphatic carbocycles. The van der Waals surface area contributed by atoms with E-state index in [9.17, 15) is 4.79 Å². The summed E-state index contributed by atoms with van der Waals surface area (Å²) in [4.78, 5) is 29.7. The number of morpholine rings is 1. The number of pyridine rings is 1. The van der Waals surface area contributed by atoms with Crippen molar-refractivity contribution < 1.29 is 19.0 Å². The molecule has 3 aromatic carbocycles. The highest BCUT2D eigenvalue weighted by Gasteiger charge is 2.31. The van der Waals surface area contributed by atoms with Gasteiger partial charge >= 0.3 is 0 Å². The van der Waals surface area contributed by atoms with Gasteiger partial charge < -0.3 is 19.1 Å². The van der Waals surface area contributed by atoms with Gasteiger partial charge in [0.25, 0.3) is 0 Å². The highest BCUT2D eigenvalue weighted by molar-refractivity contribution is 6.09. The summed E-state index contributed by atoms with van der Waals surface area (Å²) in [5, 5.41) is 3.11. The zero-order valence-electron chi connectivity index (χ0n) is 26.5. The van der Waals surface area contributed by atoms with Crippen LogP contribution in [0.5, 0.6) is 5.75 Å². The third-order valence-corrected chi connectivity index (χ3v) is 8.59. The van der Waals surface area contributed by atoms with Crippen LogP contribution in [0.15, 0.2) is 61.1 Å². The molecule has 0 amide bonds. The van der Waals surface area contributed by atoms with E-state index in [-0.39, 0.29) is 5.78 Å². The fraction of sp³-hybridized carbons (Fsp3) is 0.351. The van der Waals surface area contributed by atoms with Gasteiger partial charge in [-0.3, -0.25) is 9.78 Å². The van der Waals surface area contributed by atoms with Crippen molar-refractivity contribution in [1.29, 1.82) is 0 Å². The lowest BCUT2D eigenvalue weighted by atomic mass is 9.84. The lowest BCUT2D eigenvalue weighted by Crippen LogP contribution is -2.37. The molecule has 8 heteroatoms. The second kappa shape index (κ2) is 11.5. The standard InChI is InChI=1S/C37H38N4O4/c1-22-18-26-19-25(27-20-39-36(40-21-27)41-13-16-43-17-14-41)6-7-28(26)33(31(22)35(23(2)42)45-37(3,4)5)29-8-9-30-32-24(11-15-44-30)10-12-38-34(29)32/h6-10,12,18-21,35H,11,13-17H2,1-5H3/t35-/m1/s1. The first kappa shape index (κ1) is 29.3. The van der Waals surface area contributed by atoms with Crippen LogP contribution in [0.4, 0.5) is 5.95 Å². The van der Waals surface area contributed by atoms with Crippen molar-refractivity contribution in [3.05, 3.63) is 77.7 Å². The first-order valence-electron chi connectivity index (χ1n) is 15.6. The van der Waals surface area contributed by atoms with E-state index in [0.29, 0.717) is 19.8 Å². The van der Waals surface area contributed by atoms with E-state index in [1.165, 1.54) is 5.56 Å². The minimum Gasteiger partial charge on any atom is -0.493 e. The maximum Gasteiger partial charge on any atom is 0.225 e. The largest absolute Gasteiger partial charge is 0.493 e. The first-order valence-corrected chi connectivity index (χ1v) is 15.6. The summed E-state index contributed by atoms with van der Waals surface area (Å²) in [5.41, 5.74) is 7.29. The molecule has 2 aliphatic heterocycles. The van der Waals surface area contributed by atoms with Crippen LogP contribution < -0.4 is 9.64 Å². The van der Waals surface area contributed by atoms with Crippen LogP contribution in [-0.4, -0.2) is 59.2 Å². The number of carbonyl (C=O) groups excluding carboxylic acids is 1. The molecule has 5 aromatic rings. The number of benzene rings is 3. The molecule has 230 valence electrons. The lowest BCUT2D eigenvalue weighted by Gasteiger charge is -2.30. The summed E-state index contributed by atoms with van der Waals surface area (Å²) in [6.07, 6.45) is 5.74. The maximum atomic E-state index is 13.3. The monoisotopic (exact) mass is 602 g/mol. The number of carbonyl (C=O) groups is 1. The van der Waals surface area contributed by atoms with Crippen molar-refractivity contribution in [2.45, 2.75) is 52.7 Å². The third kappa shape index (κ3) is 5.53. The van der Waals surface area contributed by atoms with Gasteiger partial charge in [-0.2, -0.15) is 0 Å². The van der Waals surface area contributed by atoms with Crippen molar-refractivity contribution in [1.82, 2.24) is 15.0 Å². The molecule has 0 bridgehead atoms. The van der Waals surface area contributed by atoms with Crippen LogP contribution in [0, 0.1) is 6.92 Å². The molecule has 2 aliphatic rings. The van der Waals surface area contributed by atoms with E-state index in [1.54, 1.807) is 6.92 Å². The smallest absolute Gasteiger partial charge is 0.225 e. The van der Waals surface area contributed by atoms with E-state index in [0.717, 1.165) is 86.3 Å². The molecule has 0 unspecified atom stereocenters. The van der Waals surface area contributed by atoms with Gasteiger partial charge in [-0.15, -0.1) is 0 Å². The Morgan fingerprint density at radius 1 is 0.956 bits per heavy atom. The van der Waals surface area contributed by atoms with Crippen molar-refractivity contribution in [2.24, 2.45) is 0 Å². The molecule has 2 aromatic heterocycles. The average molecular weight is 603 g/mol. The fourth-order valence-electron chi connectivity index (χ4n) is 6.57. The van der Waals surface area contributed by atoms with E-state index in [4.69, 9.17) is 19.2 Å². The molecular weight excluding hydrogens is 564 g/mol. The van der Waals surface area contributed by atoms with Crippen molar-refractivity contribution in [3.8, 4) is 28.0 Å². The predicted octanol–water partition coefficient (Wildman–Crippen LogP) is 7.04. The van der Waals surface area contributed by atoms with Gasteiger partial charge in [0, 0.05) is 54.6 Å². The number of ketones is 1. The number of rotatable bonds is 6. The molecule has 1 atom stereocenters. The Hall–Kier alpha value is -4.40. The SMILES string of the molecule is CC(=O)[C@@H](OC(C)(C)C)c1c(C)cc2cc(-c3cnc(N4CCOCC4)nc3)ccc2c1-c1ccc2c3c(ccnc13)CCO2. The third-order valence-electron chi connectivity index (χ3n) is 8.59. The Kier molecular flexibility index (Phi) is 7.50. The minimum absolute atomic E-state index is 0.0400. The summed E-state index contributed by atoms with van der Waals surface area (Å²) in [6.45, 7) is 13.2. The Morgan fingerprint density at radius 2 is 1.73 bits per heavy atom. The van der Waals surface area contributed by atoms with Gasteiger partial charge in [0.1, 0.15) is 11.9 Å². The normalized spacial score (nSPS) is 15.7. The van der Waals surface area contributed by atoms with Crippen molar-refractivity contribution in [2.75, 3.05) is 37.8 Å². The summed E-state index contributed by atoms with van der Waals surface area (Å²) < 4.78 is 18.0. The molecule has 8 nitrogen and oxygen atoms in total. The summed E-state index contributed by atoms with van der Waals surface area (Å²) in [7, 11) is 0. The highest BCUT2D eigenvalue weighted by Crippen LogP contribution is 2.45. The number of hydrogen-bond donors (Lipinski definition) is 0. The zero-order valence-corrected chi connectivity index (χ0v) is 26.5. The van der Waals surface area contributed by atoms with Crippen LogP contribution in [-0.2, 0) is 20.7 Å². The number of ether oxygens (including phenoxy) is 3. The quantitative estimate of drug-likeness (QED) is 0.205. The van der Waals surface area contributed by atoms with Gasteiger partial charge in [0.2, 0.25) is 5.95 Å². The van der Waals surface area contributed by atoms with Gasteiger partial charge in [0.15, 0.2) is 5.78 Å². The summed E-state index contributed by atoms with van der Waals surface area (Å²) in [5.74, 6) is 1.53. The van der Waals surface area contributed by atoms with Gasteiger partial charge in [-0.1, -0.05) is 18.2 Å². The minimum atomic E-state index is -0.743. The summed E-state index contributed by atoms with van der Waals surface area (Å²) >= 11 is 0. The maximum absolute atomic E-state index is 13.3. The fourth-order valence-corrected chi connectivity index (χ4v) is 6.57. The number of hydrogen-bond acceptors (Lipinski definition) is 8. The molecule has 0 spiro atoms. The number of aryl methyl sites for hydroxylation is 1. The number of Topliss-reactive ketones (excluding diaryl/α,β-unsaturated/α-hetero) is 1. The van der Waals surface area contributed by atoms with Crippen LogP contribution in [0.2, 0.25) is 0 Å². The number of aromatic nitrogens is 3. The Morgan fingerprint density at radius 3 is 2.47 bits per heavy atom. The molecule has 45 heavy (non-hydrogen) atoms. The van der Waals surface area contributed by atoms with Gasteiger partial charge in [-0.05, 0) is 97.5 Å². The van der Waals surface area contributed by atoms with Crippen LogP contribution in [0.25, 0.3) is 43.9 Å². The zero-order chi connectivity index (χ0) is 31.3. The first-order chi connectivity index (χ1) is 21.7. The molecule has 1 fully saturated rings. The molecule has 7 rings (SSSR count). The van der Waals surface area contributed by atoms with Crippen LogP contribution in [0.1, 0.15) is 50.5 Å². The van der Waals surface area contributed by atoms with E-state index < -0.39 is 11.7 Å². The van der Waals surface area contributed by atoms with Crippen molar-refractivity contribution >= 4 is 33.4 Å². The molecule has 0 radical (unpaired) electrons. The number of anilines is 1. The Bertz CT molecular complexity index is 1910. The predicted molar refractivity (Wildman–Crippen MR) is 177 cm³/mol. The number of fused-ring (bicyclic) bond motifs is 1. The second-order valence-electron chi connectivity index (χ2n) is 12.9. The Balaban J connectivity index is 1.43. The van der Waals surface area contributed by atoms with Gasteiger partial charge in [0.05, 0.1) is 30.9 Å². The van der Waals surface area contributed by atoms with E-state index in [2.05, 4.69) is 58.2 Å². The van der Waals surface area contributed by atoms with E-state index in [1.807, 2.05) is 45.4 Å². The molecule has 4 heterocycles. The lowest BCUT2D eigenvalue weighted by molar-refractivity contribution is -0.138. The molecule has 0 N–H and O–H groups in total. The summed E-state index contributed by atoms with van der Waals surface area (Å²) in [6, 6.07) is 14.8. The molecule has 1 saturated heterocycles. The molecule has 0 saturated carbocycles. The van der Waals surface area contributed by atoms with E-state index >= 15 is 0 Å². The van der Waals surface area contributed by atoms with Crippen LogP contribution >= 0.6 is 0 Å². The second-order valence-corrected chi connectivity index (χ2v) is 12.9. The van der Waals surface area contributed by atoms with Crippen molar-refractivity contribution in [3.63, 3.8) is 0 Å². The molecular formula is C37H38N4O4. The topological polar surface area (TPSA) is 86.7 Å². The number of nitrogens with zero attached hydrogens (tertiary/aromatic N) is 4. The Labute approximate surface area is 263 Å². The highest BCUT2D eigenvalue weighted by atomic mass is 16.5. The van der Waals surface area contributed by atoms with Gasteiger partial charge in [-0.25, -0.2) is 9.97 Å². The average Bonchev–Trinajstić information content (AvgIpc) is 3.03. The van der Waals surface area contributed by atoms with Crippen LogP contribution in [0.3, 0.4) is 0 Å².